The summed E-state index contributed by atoms with van der Waals surface area (Å²) in [6.45, 7) is 0.827. The van der Waals surface area contributed by atoms with Gasteiger partial charge < -0.3 is 44.1 Å². The van der Waals surface area contributed by atoms with Crippen molar-refractivity contribution in [2.24, 2.45) is 0 Å². The Labute approximate surface area is 200 Å². The van der Waals surface area contributed by atoms with Gasteiger partial charge in [0.05, 0.1) is 13.5 Å². The van der Waals surface area contributed by atoms with Crippen LogP contribution in [0, 0.1) is 0 Å². The molecule has 0 radical (unpaired) electrons. The molecule has 1 fully saturated rings. The Hall–Kier alpha value is -3.38. The summed E-state index contributed by atoms with van der Waals surface area (Å²) in [5.41, 5.74) is 0.499. The zero-order chi connectivity index (χ0) is 25.3. The van der Waals surface area contributed by atoms with Crippen LogP contribution in [0.15, 0.2) is 36.4 Å². The second-order valence-corrected chi connectivity index (χ2v) is 8.23. The molecule has 1 unspecified atom stereocenters. The fourth-order valence-electron chi connectivity index (χ4n) is 4.04. The van der Waals surface area contributed by atoms with Crippen molar-refractivity contribution >= 4 is 11.8 Å². The molecule has 0 aliphatic carbocycles. The Kier molecular flexibility index (Phi) is 7.13. The van der Waals surface area contributed by atoms with Crippen LogP contribution in [-0.2, 0) is 14.3 Å². The van der Waals surface area contributed by atoms with E-state index in [0.29, 0.717) is 11.3 Å². The zero-order valence-corrected chi connectivity index (χ0v) is 19.0. The van der Waals surface area contributed by atoms with Gasteiger partial charge in [0.25, 0.3) is 0 Å². The minimum atomic E-state index is -1.63. The Balaban J connectivity index is 1.58. The van der Waals surface area contributed by atoms with Crippen LogP contribution in [0.4, 0.5) is 0 Å². The summed E-state index contributed by atoms with van der Waals surface area (Å²) >= 11 is 0. The molecule has 2 heterocycles. The molecule has 1 saturated heterocycles. The Morgan fingerprint density at radius 1 is 1.11 bits per heavy atom. The number of para-hydroxylation sites is 1. The van der Waals surface area contributed by atoms with Crippen molar-refractivity contribution in [3.05, 3.63) is 47.5 Å². The van der Waals surface area contributed by atoms with Crippen LogP contribution in [-0.4, -0.2) is 76.6 Å². The molecule has 188 valence electrons. The van der Waals surface area contributed by atoms with Gasteiger partial charge in [-0.2, -0.15) is 0 Å². The van der Waals surface area contributed by atoms with Crippen molar-refractivity contribution in [2.75, 3.05) is 13.7 Å². The molecular weight excluding hydrogens is 464 g/mol. The summed E-state index contributed by atoms with van der Waals surface area (Å²) in [5, 5.41) is 41.1. The molecule has 0 bridgehead atoms. The van der Waals surface area contributed by atoms with E-state index in [1.54, 1.807) is 24.3 Å². The van der Waals surface area contributed by atoms with E-state index < -0.39 is 42.8 Å². The van der Waals surface area contributed by atoms with Crippen molar-refractivity contribution in [3.8, 4) is 23.0 Å². The number of Topliss-reactive ketones (excluding diaryl/α,β-unsaturated/α-hetero) is 1. The minimum absolute atomic E-state index is 0.0527. The topological polar surface area (TPSA) is 161 Å². The Bertz CT molecular complexity index is 1100. The van der Waals surface area contributed by atoms with Crippen LogP contribution >= 0.6 is 0 Å². The molecule has 11 heteroatoms. The second-order valence-electron chi connectivity index (χ2n) is 8.23. The van der Waals surface area contributed by atoms with Crippen LogP contribution < -0.4 is 14.2 Å². The third kappa shape index (κ3) is 5.03. The molecule has 35 heavy (non-hydrogen) atoms. The predicted molar refractivity (Wildman–Crippen MR) is 117 cm³/mol. The molecular formula is C24H26O11. The second kappa shape index (κ2) is 10.1. The summed E-state index contributed by atoms with van der Waals surface area (Å²) in [6, 6.07) is 9.41. The molecule has 4 rings (SSSR count). The summed E-state index contributed by atoms with van der Waals surface area (Å²) in [4.78, 5) is 23.9. The molecule has 0 amide bonds. The summed E-state index contributed by atoms with van der Waals surface area (Å²) < 4.78 is 27.4. The van der Waals surface area contributed by atoms with E-state index >= 15 is 0 Å². The van der Waals surface area contributed by atoms with Gasteiger partial charge in [-0.3, -0.25) is 9.59 Å². The molecule has 2 aliphatic rings. The lowest BCUT2D eigenvalue weighted by Gasteiger charge is -2.40. The van der Waals surface area contributed by atoms with Gasteiger partial charge >= 0.3 is 5.97 Å². The Morgan fingerprint density at radius 2 is 1.86 bits per heavy atom. The van der Waals surface area contributed by atoms with Crippen molar-refractivity contribution in [1.29, 1.82) is 0 Å². The molecule has 0 saturated carbocycles. The monoisotopic (exact) mass is 490 g/mol. The van der Waals surface area contributed by atoms with E-state index in [1.807, 2.05) is 0 Å². The van der Waals surface area contributed by atoms with E-state index in [1.165, 1.54) is 26.2 Å². The van der Waals surface area contributed by atoms with E-state index in [9.17, 15) is 30.0 Å². The Morgan fingerprint density at radius 3 is 2.57 bits per heavy atom. The number of fused-ring (bicyclic) bond motifs is 1. The number of rotatable bonds is 6. The largest absolute Gasteiger partial charge is 0.507 e. The number of phenols is 1. The van der Waals surface area contributed by atoms with Crippen LogP contribution in [0.5, 0.6) is 23.0 Å². The van der Waals surface area contributed by atoms with Gasteiger partial charge in [0.2, 0.25) is 6.29 Å². The third-order valence-electron chi connectivity index (χ3n) is 5.84. The highest BCUT2D eigenvalue weighted by Gasteiger charge is 2.46. The summed E-state index contributed by atoms with van der Waals surface area (Å²) in [5.74, 6) is -0.556. The fourth-order valence-corrected chi connectivity index (χ4v) is 4.04. The van der Waals surface area contributed by atoms with Crippen molar-refractivity contribution < 1.29 is 53.7 Å². The van der Waals surface area contributed by atoms with Crippen LogP contribution in [0.25, 0.3) is 0 Å². The van der Waals surface area contributed by atoms with Crippen molar-refractivity contribution in [2.45, 2.75) is 50.2 Å². The van der Waals surface area contributed by atoms with Crippen molar-refractivity contribution in [1.82, 2.24) is 0 Å². The van der Waals surface area contributed by atoms with E-state index in [4.69, 9.17) is 23.7 Å². The molecule has 4 N–H and O–H groups in total. The zero-order valence-electron chi connectivity index (χ0n) is 19.0. The van der Waals surface area contributed by atoms with Gasteiger partial charge in [-0.05, 0) is 6.07 Å². The first-order valence-electron chi connectivity index (χ1n) is 10.9. The van der Waals surface area contributed by atoms with Crippen molar-refractivity contribution in [3.63, 3.8) is 0 Å². The number of phenolic OH excluding ortho intramolecular Hbond substituents is 1. The number of carbonyl (C=O) groups is 2. The molecule has 6 atom stereocenters. The van der Waals surface area contributed by atoms with Gasteiger partial charge in [-0.25, -0.2) is 0 Å². The first-order chi connectivity index (χ1) is 16.7. The first kappa shape index (κ1) is 24.7. The smallest absolute Gasteiger partial charge is 0.302 e. The van der Waals surface area contributed by atoms with Gasteiger partial charge in [-0.1, -0.05) is 18.2 Å². The summed E-state index contributed by atoms with van der Waals surface area (Å²) in [6.07, 6.45) is -8.24. The lowest BCUT2D eigenvalue weighted by molar-refractivity contribution is -0.278. The highest BCUT2D eigenvalue weighted by molar-refractivity contribution is 6.02. The quantitative estimate of drug-likeness (QED) is 0.425. The van der Waals surface area contributed by atoms with E-state index in [0.717, 1.165) is 0 Å². The number of ketones is 1. The first-order valence-corrected chi connectivity index (χ1v) is 10.9. The third-order valence-corrected chi connectivity index (χ3v) is 5.84. The number of benzene rings is 2. The normalized spacial score (nSPS) is 28.0. The lowest BCUT2D eigenvalue weighted by Crippen LogP contribution is -2.60. The minimum Gasteiger partial charge on any atom is -0.507 e. The number of aromatic hydroxyl groups is 1. The number of ether oxygens (including phenoxy) is 5. The standard InChI is InChI=1S/C24H26O11/c1-11(25)32-10-19-21(28)22(29)23(30)24(35-19)34-16-6-4-3-5-13(16)17-9-15(27)20-14(26)7-12(31-2)8-18(20)33-17/h3-8,17,19,21-24,26,28-30H,9-10H2,1-2H3/t17?,19-,21-,22+,23-,24-/m1/s1. The number of esters is 1. The average Bonchev–Trinajstić information content (AvgIpc) is 2.83. The van der Waals surface area contributed by atoms with Crippen LogP contribution in [0.3, 0.4) is 0 Å². The van der Waals surface area contributed by atoms with Crippen LogP contribution in [0.2, 0.25) is 0 Å². The SMILES string of the molecule is COc1cc(O)c2c(c1)OC(c1ccccc1O[C@@H]1O[C@H](COC(C)=O)[C@@H](O)[C@H](O)[C@H]1O)CC2=O. The highest BCUT2D eigenvalue weighted by Crippen LogP contribution is 2.43. The maximum atomic E-state index is 12.8. The number of hydrogen-bond donors (Lipinski definition) is 4. The molecule has 0 aromatic heterocycles. The number of hydrogen-bond acceptors (Lipinski definition) is 11. The molecule has 0 spiro atoms. The van der Waals surface area contributed by atoms with Gasteiger partial charge in [0.1, 0.15) is 65.7 Å². The lowest BCUT2D eigenvalue weighted by atomic mass is 9.95. The average molecular weight is 490 g/mol. The maximum Gasteiger partial charge on any atom is 0.302 e. The van der Waals surface area contributed by atoms with Gasteiger partial charge in [0, 0.05) is 24.6 Å². The summed E-state index contributed by atoms with van der Waals surface area (Å²) in [7, 11) is 1.42. The van der Waals surface area contributed by atoms with E-state index in [2.05, 4.69) is 0 Å². The molecule has 2 aromatic carbocycles. The molecule has 2 aromatic rings. The van der Waals surface area contributed by atoms with Gasteiger partial charge in [0.15, 0.2) is 5.78 Å². The molecule has 11 nitrogen and oxygen atoms in total. The highest BCUT2D eigenvalue weighted by atomic mass is 16.7. The fraction of sp³-hybridized carbons (Fsp3) is 0.417. The van der Waals surface area contributed by atoms with Crippen LogP contribution in [0.1, 0.15) is 35.4 Å². The van der Waals surface area contributed by atoms with E-state index in [-0.39, 0.29) is 41.6 Å². The predicted octanol–water partition coefficient (Wildman–Crippen LogP) is 0.857. The number of carbonyl (C=O) groups excluding carboxylic acids is 2. The number of methoxy groups -OCH3 is 1. The number of aliphatic hydroxyl groups is 3. The van der Waals surface area contributed by atoms with Gasteiger partial charge in [-0.15, -0.1) is 0 Å². The maximum absolute atomic E-state index is 12.8. The number of aliphatic hydroxyl groups excluding tert-OH is 3. The molecule has 2 aliphatic heterocycles.